The molecule has 0 aliphatic heterocycles. The molecule has 0 fully saturated rings. The summed E-state index contributed by atoms with van der Waals surface area (Å²) in [6.45, 7) is 4.01. The van der Waals surface area contributed by atoms with Gasteiger partial charge in [0.05, 0.1) is 12.7 Å². The van der Waals surface area contributed by atoms with E-state index in [4.69, 9.17) is 4.74 Å². The quantitative estimate of drug-likeness (QED) is 0.860. The topological polar surface area (TPSA) is 55.0 Å². The van der Waals surface area contributed by atoms with Crippen molar-refractivity contribution in [2.24, 2.45) is 0 Å². The van der Waals surface area contributed by atoms with Gasteiger partial charge in [-0.15, -0.1) is 0 Å². The molecule has 0 aromatic carbocycles. The van der Waals surface area contributed by atoms with Gasteiger partial charge < -0.3 is 9.72 Å². The van der Waals surface area contributed by atoms with Crippen molar-refractivity contribution in [1.29, 1.82) is 0 Å². The minimum atomic E-state index is -0.0255. The minimum absolute atomic E-state index is 0.0255. The number of pyridine rings is 2. The SMILES string of the molecule is COc1[nH]c(/C=C\c2ccncc2)cc(=O)c1CC=C(C)C. The van der Waals surface area contributed by atoms with Crippen LogP contribution < -0.4 is 10.2 Å². The van der Waals surface area contributed by atoms with Crippen LogP contribution in [0.25, 0.3) is 12.2 Å². The summed E-state index contributed by atoms with van der Waals surface area (Å²) in [6.07, 6.45) is 9.80. The fourth-order valence-electron chi connectivity index (χ4n) is 2.01. The molecule has 0 atom stereocenters. The first-order valence-corrected chi connectivity index (χ1v) is 7.12. The van der Waals surface area contributed by atoms with Crippen molar-refractivity contribution in [2.75, 3.05) is 7.11 Å². The number of nitrogens with one attached hydrogen (secondary N) is 1. The van der Waals surface area contributed by atoms with Gasteiger partial charge in [-0.3, -0.25) is 9.78 Å². The van der Waals surface area contributed by atoms with Crippen LogP contribution in [0.3, 0.4) is 0 Å². The van der Waals surface area contributed by atoms with Gasteiger partial charge in [-0.1, -0.05) is 17.7 Å². The molecule has 2 rings (SSSR count). The number of H-pyrrole nitrogens is 1. The van der Waals surface area contributed by atoms with Crippen LogP contribution in [0.1, 0.15) is 30.7 Å². The molecule has 0 aliphatic rings. The average molecular weight is 296 g/mol. The Bertz CT molecular complexity index is 739. The number of methoxy groups -OCH3 is 1. The van der Waals surface area contributed by atoms with E-state index in [1.54, 1.807) is 25.6 Å². The van der Waals surface area contributed by atoms with Gasteiger partial charge in [0.25, 0.3) is 0 Å². The van der Waals surface area contributed by atoms with E-state index in [1.807, 2.05) is 44.2 Å². The second-order valence-electron chi connectivity index (χ2n) is 5.20. The third-order valence-electron chi connectivity index (χ3n) is 3.20. The standard InChI is InChI=1S/C18H20N2O2/c1-13(2)4-7-16-17(21)12-15(20-18(16)22-3)6-5-14-8-10-19-11-9-14/h4-6,8-12H,7H2,1-3H3,(H,20,21)/b6-5-. The Kier molecular flexibility index (Phi) is 5.31. The third-order valence-corrected chi connectivity index (χ3v) is 3.20. The highest BCUT2D eigenvalue weighted by atomic mass is 16.5. The smallest absolute Gasteiger partial charge is 0.198 e. The second kappa shape index (κ2) is 7.41. The lowest BCUT2D eigenvalue weighted by Gasteiger charge is -2.07. The summed E-state index contributed by atoms with van der Waals surface area (Å²) in [5.41, 5.74) is 3.51. The van der Waals surface area contributed by atoms with Gasteiger partial charge in [-0.2, -0.15) is 0 Å². The van der Waals surface area contributed by atoms with E-state index in [2.05, 4.69) is 9.97 Å². The Balaban J connectivity index is 2.32. The Morgan fingerprint density at radius 2 is 2.00 bits per heavy atom. The molecule has 0 bridgehead atoms. The van der Waals surface area contributed by atoms with E-state index in [0.29, 0.717) is 23.6 Å². The number of hydrogen-bond donors (Lipinski definition) is 1. The molecular weight excluding hydrogens is 276 g/mol. The highest BCUT2D eigenvalue weighted by Crippen LogP contribution is 2.15. The number of allylic oxidation sites excluding steroid dienone is 2. The van der Waals surface area contributed by atoms with Crippen molar-refractivity contribution in [1.82, 2.24) is 9.97 Å². The van der Waals surface area contributed by atoms with Crippen LogP contribution in [0, 0.1) is 0 Å². The van der Waals surface area contributed by atoms with E-state index < -0.39 is 0 Å². The van der Waals surface area contributed by atoms with Gasteiger partial charge in [0, 0.05) is 24.2 Å². The van der Waals surface area contributed by atoms with E-state index in [-0.39, 0.29) is 5.43 Å². The summed E-state index contributed by atoms with van der Waals surface area (Å²) in [5, 5.41) is 0. The van der Waals surface area contributed by atoms with Crippen LogP contribution in [0.4, 0.5) is 0 Å². The zero-order chi connectivity index (χ0) is 15.9. The first-order chi connectivity index (χ1) is 10.6. The Morgan fingerprint density at radius 3 is 2.64 bits per heavy atom. The van der Waals surface area contributed by atoms with Gasteiger partial charge in [-0.05, 0) is 44.0 Å². The van der Waals surface area contributed by atoms with Crippen molar-refractivity contribution < 1.29 is 4.74 Å². The van der Waals surface area contributed by atoms with Gasteiger partial charge in [0.15, 0.2) is 11.3 Å². The molecule has 0 saturated carbocycles. The van der Waals surface area contributed by atoms with Crippen LogP contribution >= 0.6 is 0 Å². The van der Waals surface area contributed by atoms with E-state index in [1.165, 1.54) is 5.57 Å². The zero-order valence-electron chi connectivity index (χ0n) is 13.1. The van der Waals surface area contributed by atoms with Gasteiger partial charge >= 0.3 is 0 Å². The highest BCUT2D eigenvalue weighted by Gasteiger charge is 2.08. The fourth-order valence-corrected chi connectivity index (χ4v) is 2.01. The van der Waals surface area contributed by atoms with Crippen LogP contribution in [-0.2, 0) is 6.42 Å². The summed E-state index contributed by atoms with van der Waals surface area (Å²) in [7, 11) is 1.56. The molecule has 0 amide bonds. The Labute approximate surface area is 130 Å². The molecule has 114 valence electrons. The fraction of sp³-hybridized carbons (Fsp3) is 0.222. The molecular formula is C18H20N2O2. The van der Waals surface area contributed by atoms with Crippen molar-refractivity contribution >= 4 is 12.2 Å². The van der Waals surface area contributed by atoms with E-state index in [0.717, 1.165) is 5.56 Å². The van der Waals surface area contributed by atoms with Crippen LogP contribution in [0.2, 0.25) is 0 Å². The normalized spacial score (nSPS) is 10.7. The number of aromatic nitrogens is 2. The lowest BCUT2D eigenvalue weighted by molar-refractivity contribution is 0.392. The highest BCUT2D eigenvalue weighted by molar-refractivity contribution is 5.68. The lowest BCUT2D eigenvalue weighted by Crippen LogP contribution is -2.12. The van der Waals surface area contributed by atoms with E-state index in [9.17, 15) is 4.79 Å². The van der Waals surface area contributed by atoms with Gasteiger partial charge in [0.2, 0.25) is 0 Å². The molecule has 1 N–H and O–H groups in total. The lowest BCUT2D eigenvalue weighted by atomic mass is 10.1. The van der Waals surface area contributed by atoms with Gasteiger partial charge in [0.1, 0.15) is 0 Å². The molecule has 0 aliphatic carbocycles. The number of ether oxygens (including phenoxy) is 1. The molecule has 2 aromatic heterocycles. The largest absolute Gasteiger partial charge is 0.482 e. The average Bonchev–Trinajstić information content (AvgIpc) is 2.52. The molecule has 4 heteroatoms. The zero-order valence-corrected chi connectivity index (χ0v) is 13.1. The predicted molar refractivity (Wildman–Crippen MR) is 89.9 cm³/mol. The summed E-state index contributed by atoms with van der Waals surface area (Å²) in [6, 6.07) is 5.39. The van der Waals surface area contributed by atoms with Crippen LogP contribution in [0.15, 0.2) is 47.0 Å². The monoisotopic (exact) mass is 296 g/mol. The first-order valence-electron chi connectivity index (χ1n) is 7.12. The summed E-state index contributed by atoms with van der Waals surface area (Å²) in [5.74, 6) is 0.513. The first kappa shape index (κ1) is 15.8. The predicted octanol–water partition coefficient (Wildman–Crippen LogP) is 3.46. The summed E-state index contributed by atoms with van der Waals surface area (Å²) in [4.78, 5) is 19.4. The van der Waals surface area contributed by atoms with Gasteiger partial charge in [-0.25, -0.2) is 0 Å². The van der Waals surface area contributed by atoms with Crippen LogP contribution in [-0.4, -0.2) is 17.1 Å². The molecule has 0 spiro atoms. The molecule has 4 nitrogen and oxygen atoms in total. The van der Waals surface area contributed by atoms with E-state index >= 15 is 0 Å². The maximum absolute atomic E-state index is 12.3. The second-order valence-corrected chi connectivity index (χ2v) is 5.20. The molecule has 0 saturated heterocycles. The number of rotatable bonds is 5. The molecule has 2 heterocycles. The summed E-state index contributed by atoms with van der Waals surface area (Å²) >= 11 is 0. The minimum Gasteiger partial charge on any atom is -0.482 e. The maximum Gasteiger partial charge on any atom is 0.198 e. The molecule has 22 heavy (non-hydrogen) atoms. The van der Waals surface area contributed by atoms with Crippen molar-refractivity contribution in [3.05, 3.63) is 69.3 Å². The molecule has 2 aromatic rings. The Morgan fingerprint density at radius 1 is 1.27 bits per heavy atom. The number of aromatic amines is 1. The summed E-state index contributed by atoms with van der Waals surface area (Å²) < 4.78 is 5.32. The van der Waals surface area contributed by atoms with Crippen molar-refractivity contribution in [2.45, 2.75) is 20.3 Å². The van der Waals surface area contributed by atoms with Crippen molar-refractivity contribution in [3.8, 4) is 5.88 Å². The number of nitrogens with zero attached hydrogens (tertiary/aromatic N) is 1. The maximum atomic E-state index is 12.3. The molecule has 0 radical (unpaired) electrons. The number of hydrogen-bond acceptors (Lipinski definition) is 3. The third kappa shape index (κ3) is 4.19. The Hall–Kier alpha value is -2.62. The molecule has 0 unspecified atom stereocenters. The van der Waals surface area contributed by atoms with Crippen molar-refractivity contribution in [3.63, 3.8) is 0 Å². The van der Waals surface area contributed by atoms with Crippen LogP contribution in [0.5, 0.6) is 5.88 Å².